The van der Waals surface area contributed by atoms with Crippen molar-refractivity contribution in [3.63, 3.8) is 0 Å². The zero-order valence-electron chi connectivity index (χ0n) is 12.6. The van der Waals surface area contributed by atoms with Crippen LogP contribution in [0.15, 0.2) is 24.5 Å². The molecule has 5 nitrogen and oxygen atoms in total. The van der Waals surface area contributed by atoms with Gasteiger partial charge in [0.25, 0.3) is 5.91 Å². The van der Waals surface area contributed by atoms with Crippen LogP contribution < -0.4 is 5.32 Å². The van der Waals surface area contributed by atoms with Crippen LogP contribution in [-0.2, 0) is 0 Å². The van der Waals surface area contributed by atoms with E-state index in [0.717, 1.165) is 12.1 Å². The fourth-order valence-electron chi connectivity index (χ4n) is 1.94. The molecule has 0 saturated carbocycles. The molecule has 0 aliphatic heterocycles. The lowest BCUT2D eigenvalue weighted by Gasteiger charge is -2.17. The zero-order valence-corrected chi connectivity index (χ0v) is 12.6. The highest BCUT2D eigenvalue weighted by molar-refractivity contribution is 5.92. The molecule has 1 amide bonds. The minimum atomic E-state index is -1.57. The van der Waals surface area contributed by atoms with Gasteiger partial charge in [0.05, 0.1) is 18.1 Å². The van der Waals surface area contributed by atoms with Crippen molar-refractivity contribution in [1.82, 2.24) is 14.9 Å². The SMILES string of the molecule is CCN(CC)C(=O)c1cnc(Nc2ccc(F)c(F)c2F)cn1. The Morgan fingerprint density at radius 2 is 1.78 bits per heavy atom. The summed E-state index contributed by atoms with van der Waals surface area (Å²) in [6, 6.07) is 1.84. The standard InChI is InChI=1S/C15H15F3N4O/c1-3-22(4-2)15(23)11-7-20-12(8-19-11)21-10-6-5-9(16)13(17)14(10)18/h5-8H,3-4H2,1-2H3,(H,20,21). The number of anilines is 2. The van der Waals surface area contributed by atoms with E-state index in [-0.39, 0.29) is 23.1 Å². The Labute approximate surface area is 131 Å². The molecule has 0 saturated heterocycles. The fraction of sp³-hybridized carbons (Fsp3) is 0.267. The van der Waals surface area contributed by atoms with Crippen LogP contribution in [0.5, 0.6) is 0 Å². The average Bonchev–Trinajstić information content (AvgIpc) is 2.57. The molecule has 1 aromatic heterocycles. The molecule has 0 bridgehead atoms. The molecule has 0 fully saturated rings. The van der Waals surface area contributed by atoms with E-state index in [1.54, 1.807) is 4.90 Å². The maximum absolute atomic E-state index is 13.6. The van der Waals surface area contributed by atoms with Gasteiger partial charge in [0.15, 0.2) is 17.5 Å². The van der Waals surface area contributed by atoms with E-state index in [0.29, 0.717) is 13.1 Å². The highest BCUT2D eigenvalue weighted by Gasteiger charge is 2.16. The number of amides is 1. The van der Waals surface area contributed by atoms with Gasteiger partial charge in [-0.3, -0.25) is 4.79 Å². The van der Waals surface area contributed by atoms with E-state index in [2.05, 4.69) is 15.3 Å². The van der Waals surface area contributed by atoms with Crippen LogP contribution in [-0.4, -0.2) is 33.9 Å². The first-order valence-corrected chi connectivity index (χ1v) is 6.99. The summed E-state index contributed by atoms with van der Waals surface area (Å²) >= 11 is 0. The Morgan fingerprint density at radius 1 is 1.09 bits per heavy atom. The summed E-state index contributed by atoms with van der Waals surface area (Å²) in [7, 11) is 0. The Hall–Kier alpha value is -2.64. The highest BCUT2D eigenvalue weighted by Crippen LogP contribution is 2.22. The van der Waals surface area contributed by atoms with Crippen LogP contribution in [0, 0.1) is 17.5 Å². The summed E-state index contributed by atoms with van der Waals surface area (Å²) < 4.78 is 39.6. The van der Waals surface area contributed by atoms with Gasteiger partial charge in [-0.1, -0.05) is 0 Å². The number of nitrogens with one attached hydrogen (secondary N) is 1. The first-order valence-electron chi connectivity index (χ1n) is 6.99. The second-order valence-corrected chi connectivity index (χ2v) is 4.61. The Morgan fingerprint density at radius 3 is 2.35 bits per heavy atom. The van der Waals surface area contributed by atoms with Gasteiger partial charge >= 0.3 is 0 Å². The van der Waals surface area contributed by atoms with Gasteiger partial charge in [-0.05, 0) is 26.0 Å². The van der Waals surface area contributed by atoms with Crippen molar-refractivity contribution >= 4 is 17.4 Å². The highest BCUT2D eigenvalue weighted by atomic mass is 19.2. The third-order valence-corrected chi connectivity index (χ3v) is 3.22. The van der Waals surface area contributed by atoms with Crippen LogP contribution in [0.2, 0.25) is 0 Å². The van der Waals surface area contributed by atoms with Crippen LogP contribution in [0.25, 0.3) is 0 Å². The molecule has 1 heterocycles. The molecule has 23 heavy (non-hydrogen) atoms. The number of rotatable bonds is 5. The molecule has 2 aromatic rings. The Bertz CT molecular complexity index is 703. The number of nitrogens with zero attached hydrogens (tertiary/aromatic N) is 3. The minimum Gasteiger partial charge on any atom is -0.338 e. The second kappa shape index (κ2) is 7.08. The summed E-state index contributed by atoms with van der Waals surface area (Å²) in [5, 5.41) is 2.48. The van der Waals surface area contributed by atoms with E-state index in [1.165, 1.54) is 12.4 Å². The van der Waals surface area contributed by atoms with Crippen molar-refractivity contribution < 1.29 is 18.0 Å². The first kappa shape index (κ1) is 16.7. The molecule has 8 heteroatoms. The van der Waals surface area contributed by atoms with E-state index in [1.807, 2.05) is 13.8 Å². The third-order valence-electron chi connectivity index (χ3n) is 3.22. The maximum Gasteiger partial charge on any atom is 0.274 e. The molecule has 0 aliphatic carbocycles. The lowest BCUT2D eigenvalue weighted by Crippen LogP contribution is -2.31. The smallest absolute Gasteiger partial charge is 0.274 e. The van der Waals surface area contributed by atoms with Crippen molar-refractivity contribution in [2.75, 3.05) is 18.4 Å². The number of hydrogen-bond acceptors (Lipinski definition) is 4. The van der Waals surface area contributed by atoms with Gasteiger partial charge in [0.1, 0.15) is 11.5 Å². The fourth-order valence-corrected chi connectivity index (χ4v) is 1.94. The third kappa shape index (κ3) is 3.58. The summed E-state index contributed by atoms with van der Waals surface area (Å²) in [5.41, 5.74) is -0.133. The van der Waals surface area contributed by atoms with Crippen molar-refractivity contribution in [3.05, 3.63) is 47.7 Å². The van der Waals surface area contributed by atoms with E-state index >= 15 is 0 Å². The van der Waals surface area contributed by atoms with Crippen LogP contribution >= 0.6 is 0 Å². The number of aromatic nitrogens is 2. The molecule has 0 aliphatic rings. The molecule has 0 atom stereocenters. The van der Waals surface area contributed by atoms with Gasteiger partial charge in [-0.15, -0.1) is 0 Å². The van der Waals surface area contributed by atoms with Crippen molar-refractivity contribution in [3.8, 4) is 0 Å². The molecule has 0 spiro atoms. The number of benzene rings is 1. The Kier molecular flexibility index (Phi) is 5.15. The topological polar surface area (TPSA) is 58.1 Å². The molecular formula is C15H15F3N4O. The molecular weight excluding hydrogens is 309 g/mol. The number of carbonyl (C=O) groups is 1. The second-order valence-electron chi connectivity index (χ2n) is 4.61. The summed E-state index contributed by atoms with van der Waals surface area (Å²) in [4.78, 5) is 21.5. The monoisotopic (exact) mass is 324 g/mol. The van der Waals surface area contributed by atoms with E-state index in [4.69, 9.17) is 0 Å². The van der Waals surface area contributed by atoms with Crippen LogP contribution in [0.1, 0.15) is 24.3 Å². The maximum atomic E-state index is 13.6. The van der Waals surface area contributed by atoms with Gasteiger partial charge in [-0.2, -0.15) is 0 Å². The molecule has 1 aromatic carbocycles. The Balaban J connectivity index is 2.18. The number of hydrogen-bond donors (Lipinski definition) is 1. The van der Waals surface area contributed by atoms with Gasteiger partial charge in [0, 0.05) is 13.1 Å². The summed E-state index contributed by atoms with van der Waals surface area (Å²) in [6.45, 7) is 4.77. The largest absolute Gasteiger partial charge is 0.338 e. The molecule has 1 N–H and O–H groups in total. The predicted molar refractivity (Wildman–Crippen MR) is 78.9 cm³/mol. The van der Waals surface area contributed by atoms with Crippen molar-refractivity contribution in [2.24, 2.45) is 0 Å². The van der Waals surface area contributed by atoms with Crippen LogP contribution in [0.3, 0.4) is 0 Å². The van der Waals surface area contributed by atoms with E-state index in [9.17, 15) is 18.0 Å². The average molecular weight is 324 g/mol. The number of carbonyl (C=O) groups excluding carboxylic acids is 1. The molecule has 2 rings (SSSR count). The molecule has 122 valence electrons. The lowest BCUT2D eigenvalue weighted by molar-refractivity contribution is 0.0766. The zero-order chi connectivity index (χ0) is 17.0. The lowest BCUT2D eigenvalue weighted by atomic mass is 10.3. The quantitative estimate of drug-likeness (QED) is 0.859. The van der Waals surface area contributed by atoms with E-state index < -0.39 is 17.5 Å². The first-order chi connectivity index (χ1) is 11.0. The van der Waals surface area contributed by atoms with Crippen molar-refractivity contribution in [1.29, 1.82) is 0 Å². The normalized spacial score (nSPS) is 10.5. The summed E-state index contributed by atoms with van der Waals surface area (Å²) in [6.07, 6.45) is 2.46. The van der Waals surface area contributed by atoms with Gasteiger partial charge in [-0.25, -0.2) is 23.1 Å². The summed E-state index contributed by atoms with van der Waals surface area (Å²) in [5.74, 6) is -4.37. The van der Waals surface area contributed by atoms with Crippen LogP contribution in [0.4, 0.5) is 24.7 Å². The number of halogens is 3. The van der Waals surface area contributed by atoms with Gasteiger partial charge in [0.2, 0.25) is 0 Å². The minimum absolute atomic E-state index is 0.103. The predicted octanol–water partition coefficient (Wildman–Crippen LogP) is 3.12. The molecule has 0 radical (unpaired) electrons. The molecule has 0 unspecified atom stereocenters. The van der Waals surface area contributed by atoms with Gasteiger partial charge < -0.3 is 10.2 Å². The van der Waals surface area contributed by atoms with Crippen molar-refractivity contribution in [2.45, 2.75) is 13.8 Å².